The minimum absolute atomic E-state index is 0.0314. The molecule has 15 heavy (non-hydrogen) atoms. The number of hydrogen-bond acceptors (Lipinski definition) is 4. The van der Waals surface area contributed by atoms with E-state index in [0.29, 0.717) is 12.2 Å². The molecule has 0 radical (unpaired) electrons. The molecule has 1 fully saturated rings. The molecule has 2 heterocycles. The van der Waals surface area contributed by atoms with Crippen molar-refractivity contribution in [2.24, 2.45) is 5.73 Å². The third-order valence-electron chi connectivity index (χ3n) is 2.82. The lowest BCUT2D eigenvalue weighted by Crippen LogP contribution is -2.36. The molecule has 0 spiro atoms. The molecule has 2 rings (SSSR count). The molecule has 6 nitrogen and oxygen atoms in total. The van der Waals surface area contributed by atoms with Gasteiger partial charge in [0, 0.05) is 23.7 Å². The Morgan fingerprint density at radius 3 is 2.80 bits per heavy atom. The van der Waals surface area contributed by atoms with Crippen LogP contribution in [0.1, 0.15) is 30.1 Å². The Labute approximate surface area is 87.4 Å². The van der Waals surface area contributed by atoms with Gasteiger partial charge in [0.25, 0.3) is 0 Å². The normalized spacial score (nSPS) is 22.8. The van der Waals surface area contributed by atoms with Crippen LogP contribution in [0.15, 0.2) is 0 Å². The Kier molecular flexibility index (Phi) is 2.36. The van der Waals surface area contributed by atoms with Crippen molar-refractivity contribution in [1.82, 2.24) is 15.5 Å². The molecule has 2 unspecified atom stereocenters. The van der Waals surface area contributed by atoms with Crippen molar-refractivity contribution in [2.45, 2.75) is 31.8 Å². The van der Waals surface area contributed by atoms with Gasteiger partial charge in [0.15, 0.2) is 0 Å². The Bertz CT molecular complexity index is 366. The fourth-order valence-electron chi connectivity index (χ4n) is 1.99. The van der Waals surface area contributed by atoms with E-state index < -0.39 is 0 Å². The van der Waals surface area contributed by atoms with E-state index in [1.54, 1.807) is 0 Å². The minimum atomic E-state index is -0.282. The maximum Gasteiger partial charge on any atom is 0.220 e. The first kappa shape index (κ1) is 9.97. The number of H-pyrrole nitrogens is 1. The summed E-state index contributed by atoms with van der Waals surface area (Å²) in [6, 6.07) is -0.314. The Morgan fingerprint density at radius 2 is 2.33 bits per heavy atom. The topological polar surface area (TPSA) is 110 Å². The molecule has 0 aromatic carbocycles. The molecule has 0 aliphatic carbocycles. The quantitative estimate of drug-likeness (QED) is 0.530. The molecule has 1 aliphatic heterocycles. The number of nitrogen functional groups attached to an aromatic ring is 1. The number of carbonyl (C=O) groups is 1. The van der Waals surface area contributed by atoms with Gasteiger partial charge >= 0.3 is 0 Å². The van der Waals surface area contributed by atoms with Crippen LogP contribution in [0.4, 0.5) is 5.82 Å². The van der Waals surface area contributed by atoms with E-state index in [1.165, 1.54) is 0 Å². The van der Waals surface area contributed by atoms with E-state index in [2.05, 4.69) is 15.5 Å². The summed E-state index contributed by atoms with van der Waals surface area (Å²) in [6.45, 7) is 1.87. The molecule has 1 aliphatic rings. The first-order valence-corrected chi connectivity index (χ1v) is 4.95. The van der Waals surface area contributed by atoms with Gasteiger partial charge < -0.3 is 16.8 Å². The molecule has 1 amide bonds. The number of nitrogens with one attached hydrogen (secondary N) is 2. The zero-order chi connectivity index (χ0) is 11.0. The standard InChI is InChI=1S/C9H15N5O/c1-4-7(9(11)14-13-4)8(10)5-2-3-6(15)12-5/h5,8H,2-3,10H2,1H3,(H,12,15)(H3,11,13,14). The number of aromatic nitrogens is 2. The number of aromatic amines is 1. The number of anilines is 1. The third-order valence-corrected chi connectivity index (χ3v) is 2.82. The second-order valence-electron chi connectivity index (χ2n) is 3.89. The second kappa shape index (κ2) is 3.54. The van der Waals surface area contributed by atoms with Crippen LogP contribution in [0.3, 0.4) is 0 Å². The van der Waals surface area contributed by atoms with Crippen molar-refractivity contribution in [2.75, 3.05) is 5.73 Å². The maximum absolute atomic E-state index is 11.1. The van der Waals surface area contributed by atoms with Crippen LogP contribution < -0.4 is 16.8 Å². The first-order chi connectivity index (χ1) is 7.09. The minimum Gasteiger partial charge on any atom is -0.382 e. The van der Waals surface area contributed by atoms with Crippen molar-refractivity contribution in [3.63, 3.8) is 0 Å². The lowest BCUT2D eigenvalue weighted by Gasteiger charge is -2.19. The van der Waals surface area contributed by atoms with Gasteiger partial charge in [0.2, 0.25) is 5.91 Å². The highest BCUT2D eigenvalue weighted by molar-refractivity contribution is 5.78. The Hall–Kier alpha value is -1.56. The van der Waals surface area contributed by atoms with E-state index in [0.717, 1.165) is 17.7 Å². The summed E-state index contributed by atoms with van der Waals surface area (Å²) in [5.41, 5.74) is 13.4. The molecule has 1 aromatic rings. The van der Waals surface area contributed by atoms with Gasteiger partial charge in [0.1, 0.15) is 5.82 Å². The molecule has 1 aromatic heterocycles. The summed E-state index contributed by atoms with van der Waals surface area (Å²) in [5.74, 6) is 0.469. The van der Waals surface area contributed by atoms with Gasteiger partial charge in [-0.25, -0.2) is 0 Å². The molecular formula is C9H15N5O. The van der Waals surface area contributed by atoms with Crippen LogP contribution in [0.5, 0.6) is 0 Å². The molecule has 6 heteroatoms. The summed E-state index contributed by atoms with van der Waals surface area (Å²) >= 11 is 0. The monoisotopic (exact) mass is 209 g/mol. The number of rotatable bonds is 2. The van der Waals surface area contributed by atoms with Crippen LogP contribution in [0, 0.1) is 6.92 Å². The lowest BCUT2D eigenvalue weighted by atomic mass is 9.99. The summed E-state index contributed by atoms with van der Waals surface area (Å²) < 4.78 is 0. The summed E-state index contributed by atoms with van der Waals surface area (Å²) in [7, 11) is 0. The van der Waals surface area contributed by atoms with Gasteiger partial charge in [-0.1, -0.05) is 0 Å². The Morgan fingerprint density at radius 1 is 1.60 bits per heavy atom. The van der Waals surface area contributed by atoms with Crippen molar-refractivity contribution in [1.29, 1.82) is 0 Å². The highest BCUT2D eigenvalue weighted by Gasteiger charge is 2.30. The smallest absolute Gasteiger partial charge is 0.220 e. The number of aryl methyl sites for hydroxylation is 1. The molecule has 0 bridgehead atoms. The van der Waals surface area contributed by atoms with Gasteiger partial charge in [0.05, 0.1) is 6.04 Å². The number of hydrogen-bond donors (Lipinski definition) is 4. The van der Waals surface area contributed by atoms with E-state index in [9.17, 15) is 4.79 Å². The number of nitrogens with zero attached hydrogens (tertiary/aromatic N) is 1. The molecular weight excluding hydrogens is 194 g/mol. The van der Waals surface area contributed by atoms with Gasteiger partial charge in [-0.05, 0) is 13.3 Å². The van der Waals surface area contributed by atoms with E-state index in [1.807, 2.05) is 6.92 Å². The fourth-order valence-corrected chi connectivity index (χ4v) is 1.99. The third kappa shape index (κ3) is 1.68. The van der Waals surface area contributed by atoms with Crippen LogP contribution in [0.2, 0.25) is 0 Å². The van der Waals surface area contributed by atoms with Crippen LogP contribution in [0.25, 0.3) is 0 Å². The summed E-state index contributed by atoms with van der Waals surface area (Å²) in [6.07, 6.45) is 1.29. The van der Waals surface area contributed by atoms with E-state index in [-0.39, 0.29) is 18.0 Å². The maximum atomic E-state index is 11.1. The van der Waals surface area contributed by atoms with E-state index in [4.69, 9.17) is 11.5 Å². The molecule has 1 saturated heterocycles. The zero-order valence-corrected chi connectivity index (χ0v) is 8.58. The van der Waals surface area contributed by atoms with Crippen molar-refractivity contribution < 1.29 is 4.79 Å². The van der Waals surface area contributed by atoms with Crippen molar-refractivity contribution >= 4 is 11.7 Å². The van der Waals surface area contributed by atoms with E-state index >= 15 is 0 Å². The number of carbonyl (C=O) groups excluding carboxylic acids is 1. The van der Waals surface area contributed by atoms with Crippen molar-refractivity contribution in [3.05, 3.63) is 11.3 Å². The average Bonchev–Trinajstić information content (AvgIpc) is 2.73. The average molecular weight is 209 g/mol. The predicted octanol–water partition coefficient (Wildman–Crippen LogP) is -0.421. The molecule has 0 saturated carbocycles. The highest BCUT2D eigenvalue weighted by atomic mass is 16.1. The molecule has 6 N–H and O–H groups in total. The second-order valence-corrected chi connectivity index (χ2v) is 3.89. The lowest BCUT2D eigenvalue weighted by molar-refractivity contribution is -0.119. The van der Waals surface area contributed by atoms with Gasteiger partial charge in [-0.15, -0.1) is 0 Å². The van der Waals surface area contributed by atoms with Crippen LogP contribution >= 0.6 is 0 Å². The fraction of sp³-hybridized carbons (Fsp3) is 0.556. The number of nitrogens with two attached hydrogens (primary N) is 2. The van der Waals surface area contributed by atoms with Crippen LogP contribution in [-0.4, -0.2) is 22.1 Å². The van der Waals surface area contributed by atoms with Crippen molar-refractivity contribution in [3.8, 4) is 0 Å². The number of amides is 1. The first-order valence-electron chi connectivity index (χ1n) is 4.95. The largest absolute Gasteiger partial charge is 0.382 e. The summed E-state index contributed by atoms with van der Waals surface area (Å²) in [5, 5.41) is 9.51. The zero-order valence-electron chi connectivity index (χ0n) is 8.58. The summed E-state index contributed by atoms with van der Waals surface area (Å²) in [4.78, 5) is 11.1. The molecule has 82 valence electrons. The Balaban J connectivity index is 2.20. The SMILES string of the molecule is Cc1[nH]nc(N)c1C(N)C1CCC(=O)N1. The van der Waals surface area contributed by atoms with Gasteiger partial charge in [-0.3, -0.25) is 9.89 Å². The van der Waals surface area contributed by atoms with Gasteiger partial charge in [-0.2, -0.15) is 5.10 Å². The highest BCUT2D eigenvalue weighted by Crippen LogP contribution is 2.26. The molecule has 2 atom stereocenters. The van der Waals surface area contributed by atoms with Crippen LogP contribution in [-0.2, 0) is 4.79 Å². The predicted molar refractivity (Wildman–Crippen MR) is 55.8 cm³/mol.